The maximum absolute atomic E-state index is 12.1. The standard InChI is InChI=1S/C14H17N3O3/c15-12-3-1-2-10-8-16(5-4-11(10)12)9-13(18)17-6-7-20-14(17)19/h1-3H,4-9,15H2. The molecule has 0 aliphatic carbocycles. The van der Waals surface area contributed by atoms with E-state index < -0.39 is 6.09 Å². The van der Waals surface area contributed by atoms with Gasteiger partial charge < -0.3 is 10.5 Å². The fourth-order valence-electron chi connectivity index (χ4n) is 2.73. The average Bonchev–Trinajstić information content (AvgIpc) is 2.85. The van der Waals surface area contributed by atoms with Crippen molar-refractivity contribution in [3.05, 3.63) is 29.3 Å². The van der Waals surface area contributed by atoms with Crippen LogP contribution < -0.4 is 5.73 Å². The van der Waals surface area contributed by atoms with E-state index >= 15 is 0 Å². The number of carbonyl (C=O) groups excluding carboxylic acids is 2. The third kappa shape index (κ3) is 2.34. The first-order valence-corrected chi connectivity index (χ1v) is 6.71. The fourth-order valence-corrected chi connectivity index (χ4v) is 2.73. The fraction of sp³-hybridized carbons (Fsp3) is 0.429. The van der Waals surface area contributed by atoms with E-state index in [-0.39, 0.29) is 12.5 Å². The van der Waals surface area contributed by atoms with Crippen LogP contribution in [-0.4, -0.2) is 48.0 Å². The molecule has 2 aliphatic rings. The van der Waals surface area contributed by atoms with Gasteiger partial charge in [-0.15, -0.1) is 0 Å². The van der Waals surface area contributed by atoms with Crippen LogP contribution in [0.1, 0.15) is 11.1 Å². The molecule has 2 N–H and O–H groups in total. The summed E-state index contributed by atoms with van der Waals surface area (Å²) in [5.41, 5.74) is 9.11. The van der Waals surface area contributed by atoms with Gasteiger partial charge in [0.1, 0.15) is 6.61 Å². The zero-order chi connectivity index (χ0) is 14.1. The van der Waals surface area contributed by atoms with Crippen molar-refractivity contribution in [2.24, 2.45) is 0 Å². The van der Waals surface area contributed by atoms with Crippen LogP contribution in [-0.2, 0) is 22.5 Å². The molecule has 0 bridgehead atoms. The predicted octanol–water partition coefficient (Wildman–Crippen LogP) is 0.606. The molecule has 2 amide bonds. The molecule has 20 heavy (non-hydrogen) atoms. The molecule has 2 aliphatic heterocycles. The summed E-state index contributed by atoms with van der Waals surface area (Å²) in [6.07, 6.45) is 0.302. The van der Waals surface area contributed by atoms with E-state index in [0.29, 0.717) is 19.7 Å². The number of nitrogens with two attached hydrogens (primary N) is 1. The number of imide groups is 1. The lowest BCUT2D eigenvalue weighted by atomic mass is 9.98. The van der Waals surface area contributed by atoms with Crippen molar-refractivity contribution in [3.8, 4) is 0 Å². The molecule has 0 atom stereocenters. The summed E-state index contributed by atoms with van der Waals surface area (Å²) in [7, 11) is 0. The van der Waals surface area contributed by atoms with Gasteiger partial charge in [0.2, 0.25) is 5.91 Å². The Bertz CT molecular complexity index is 559. The normalized spacial score (nSPS) is 18.8. The van der Waals surface area contributed by atoms with Gasteiger partial charge in [-0.3, -0.25) is 9.69 Å². The van der Waals surface area contributed by atoms with Crippen LogP contribution in [0, 0.1) is 0 Å². The number of hydrogen-bond donors (Lipinski definition) is 1. The molecule has 6 heteroatoms. The van der Waals surface area contributed by atoms with Gasteiger partial charge in [0.25, 0.3) is 0 Å². The lowest BCUT2D eigenvalue weighted by Crippen LogP contribution is -2.42. The van der Waals surface area contributed by atoms with Crippen LogP contribution in [0.5, 0.6) is 0 Å². The third-order valence-electron chi connectivity index (χ3n) is 3.80. The van der Waals surface area contributed by atoms with E-state index in [2.05, 4.69) is 0 Å². The van der Waals surface area contributed by atoms with E-state index in [1.165, 1.54) is 10.5 Å². The predicted molar refractivity (Wildman–Crippen MR) is 72.9 cm³/mol. The monoisotopic (exact) mass is 275 g/mol. The van der Waals surface area contributed by atoms with Gasteiger partial charge in [-0.1, -0.05) is 12.1 Å². The second kappa shape index (κ2) is 5.13. The van der Waals surface area contributed by atoms with Crippen molar-refractivity contribution < 1.29 is 14.3 Å². The Morgan fingerprint density at radius 1 is 1.35 bits per heavy atom. The van der Waals surface area contributed by atoms with Crippen LogP contribution in [0.2, 0.25) is 0 Å². The molecule has 3 rings (SSSR count). The summed E-state index contributed by atoms with van der Waals surface area (Å²) in [5.74, 6) is -0.195. The molecule has 1 aromatic carbocycles. The number of carbonyl (C=O) groups is 2. The van der Waals surface area contributed by atoms with E-state index in [1.54, 1.807) is 0 Å². The number of fused-ring (bicyclic) bond motifs is 1. The van der Waals surface area contributed by atoms with Gasteiger partial charge in [0.15, 0.2) is 0 Å². The molecule has 0 aromatic heterocycles. The molecular weight excluding hydrogens is 258 g/mol. The van der Waals surface area contributed by atoms with Crippen LogP contribution >= 0.6 is 0 Å². The highest BCUT2D eigenvalue weighted by molar-refractivity contribution is 5.94. The summed E-state index contributed by atoms with van der Waals surface area (Å²) in [5, 5.41) is 0. The summed E-state index contributed by atoms with van der Waals surface area (Å²) in [6, 6.07) is 5.86. The highest BCUT2D eigenvalue weighted by atomic mass is 16.6. The van der Waals surface area contributed by atoms with Gasteiger partial charge in [-0.25, -0.2) is 9.69 Å². The van der Waals surface area contributed by atoms with Crippen molar-refractivity contribution >= 4 is 17.7 Å². The summed E-state index contributed by atoms with van der Waals surface area (Å²) in [4.78, 5) is 26.6. The SMILES string of the molecule is Nc1cccc2c1CCN(CC(=O)N1CCOC1=O)C2. The average molecular weight is 275 g/mol. The lowest BCUT2D eigenvalue weighted by Gasteiger charge is -2.29. The number of benzene rings is 1. The van der Waals surface area contributed by atoms with Crippen molar-refractivity contribution in [3.63, 3.8) is 0 Å². The second-order valence-corrected chi connectivity index (χ2v) is 5.11. The molecule has 6 nitrogen and oxygen atoms in total. The maximum atomic E-state index is 12.1. The Hall–Kier alpha value is -2.08. The molecule has 0 radical (unpaired) electrons. The van der Waals surface area contributed by atoms with Crippen molar-refractivity contribution in [2.75, 3.05) is 32.0 Å². The number of amides is 2. The van der Waals surface area contributed by atoms with E-state index in [1.807, 2.05) is 23.1 Å². The minimum atomic E-state index is -0.531. The Morgan fingerprint density at radius 3 is 2.95 bits per heavy atom. The number of anilines is 1. The minimum Gasteiger partial charge on any atom is -0.447 e. The van der Waals surface area contributed by atoms with Gasteiger partial charge in [0.05, 0.1) is 13.1 Å². The lowest BCUT2D eigenvalue weighted by molar-refractivity contribution is -0.129. The summed E-state index contributed by atoms with van der Waals surface area (Å²) >= 11 is 0. The third-order valence-corrected chi connectivity index (χ3v) is 3.80. The Morgan fingerprint density at radius 2 is 2.20 bits per heavy atom. The first-order valence-electron chi connectivity index (χ1n) is 6.71. The summed E-state index contributed by atoms with van der Waals surface area (Å²) in [6.45, 7) is 2.35. The van der Waals surface area contributed by atoms with Crippen molar-refractivity contribution in [1.29, 1.82) is 0 Å². The zero-order valence-electron chi connectivity index (χ0n) is 11.2. The summed E-state index contributed by atoms with van der Waals surface area (Å²) < 4.78 is 4.78. The van der Waals surface area contributed by atoms with Crippen LogP contribution in [0.3, 0.4) is 0 Å². The van der Waals surface area contributed by atoms with Gasteiger partial charge in [0, 0.05) is 18.8 Å². The number of hydrogen-bond acceptors (Lipinski definition) is 5. The van der Waals surface area contributed by atoms with Crippen molar-refractivity contribution in [1.82, 2.24) is 9.80 Å². The minimum absolute atomic E-state index is 0.195. The molecule has 1 aromatic rings. The molecule has 0 unspecified atom stereocenters. The first kappa shape index (κ1) is 12.9. The van der Waals surface area contributed by atoms with Gasteiger partial charge in [-0.05, 0) is 23.6 Å². The van der Waals surface area contributed by atoms with Gasteiger partial charge in [-0.2, -0.15) is 0 Å². The van der Waals surface area contributed by atoms with Crippen LogP contribution in [0.25, 0.3) is 0 Å². The highest BCUT2D eigenvalue weighted by Gasteiger charge is 2.30. The topological polar surface area (TPSA) is 75.9 Å². The smallest absolute Gasteiger partial charge is 0.416 e. The Kier molecular flexibility index (Phi) is 3.31. The Balaban J connectivity index is 1.66. The molecule has 1 saturated heterocycles. The number of nitrogen functional groups attached to an aromatic ring is 1. The zero-order valence-corrected chi connectivity index (χ0v) is 11.2. The maximum Gasteiger partial charge on any atom is 0.416 e. The molecular formula is C14H17N3O3. The van der Waals surface area contributed by atoms with E-state index in [9.17, 15) is 9.59 Å². The van der Waals surface area contributed by atoms with Gasteiger partial charge >= 0.3 is 6.09 Å². The van der Waals surface area contributed by atoms with E-state index in [0.717, 1.165) is 24.2 Å². The molecule has 0 saturated carbocycles. The van der Waals surface area contributed by atoms with Crippen LogP contribution in [0.4, 0.5) is 10.5 Å². The van der Waals surface area contributed by atoms with Crippen LogP contribution in [0.15, 0.2) is 18.2 Å². The molecule has 0 spiro atoms. The second-order valence-electron chi connectivity index (χ2n) is 5.11. The Labute approximate surface area is 117 Å². The molecule has 1 fully saturated rings. The largest absolute Gasteiger partial charge is 0.447 e. The first-order chi connectivity index (χ1) is 9.65. The number of nitrogens with zero attached hydrogens (tertiary/aromatic N) is 2. The quantitative estimate of drug-likeness (QED) is 0.800. The number of ether oxygens (including phenoxy) is 1. The molecule has 2 heterocycles. The van der Waals surface area contributed by atoms with E-state index in [4.69, 9.17) is 10.5 Å². The van der Waals surface area contributed by atoms with Crippen molar-refractivity contribution in [2.45, 2.75) is 13.0 Å². The number of rotatable bonds is 2. The highest BCUT2D eigenvalue weighted by Crippen LogP contribution is 2.24. The number of cyclic esters (lactones) is 1. The molecule has 106 valence electrons.